The van der Waals surface area contributed by atoms with Gasteiger partial charge in [-0.3, -0.25) is 10.1 Å². The average molecular weight is 436 g/mol. The highest BCUT2D eigenvalue weighted by Crippen LogP contribution is 2.41. The lowest BCUT2D eigenvalue weighted by Gasteiger charge is -2.31. The van der Waals surface area contributed by atoms with Crippen molar-refractivity contribution in [2.75, 3.05) is 13.2 Å². The van der Waals surface area contributed by atoms with Crippen LogP contribution < -0.4 is 5.32 Å². The van der Waals surface area contributed by atoms with Crippen LogP contribution in [0.4, 0.5) is 5.69 Å². The molecule has 0 aliphatic carbocycles. The Bertz CT molecular complexity index is 965. The molecule has 1 atom stereocenters. The summed E-state index contributed by atoms with van der Waals surface area (Å²) in [5.41, 5.74) is 2.66. The van der Waals surface area contributed by atoms with E-state index < -0.39 is 22.3 Å². The van der Waals surface area contributed by atoms with Gasteiger partial charge in [-0.1, -0.05) is 12.1 Å². The second kappa shape index (κ2) is 8.87. The minimum atomic E-state index is -0.595. The molecule has 0 saturated carbocycles. The summed E-state index contributed by atoms with van der Waals surface area (Å²) in [4.78, 5) is 28.4. The molecular weight excluding hydrogens is 410 g/mol. The van der Waals surface area contributed by atoms with Gasteiger partial charge < -0.3 is 14.8 Å². The molecule has 0 aromatic heterocycles. The van der Waals surface area contributed by atoms with Gasteiger partial charge in [0.2, 0.25) is 5.90 Å². The first kappa shape index (κ1) is 23.4. The van der Waals surface area contributed by atoms with E-state index in [1.165, 1.54) is 12.1 Å². The van der Waals surface area contributed by atoms with Gasteiger partial charge in [0, 0.05) is 29.1 Å². The first-order chi connectivity index (χ1) is 13.6. The van der Waals surface area contributed by atoms with Gasteiger partial charge >= 0.3 is 5.97 Å². The van der Waals surface area contributed by atoms with Gasteiger partial charge in [-0.15, -0.1) is 12.4 Å². The van der Waals surface area contributed by atoms with Crippen molar-refractivity contribution in [2.45, 2.75) is 46.1 Å². The van der Waals surface area contributed by atoms with Crippen LogP contribution in [0.3, 0.4) is 0 Å². The Labute approximate surface area is 181 Å². The molecule has 0 bridgehead atoms. The zero-order valence-corrected chi connectivity index (χ0v) is 18.5. The Morgan fingerprint density at radius 1 is 1.37 bits per heavy atom. The maximum Gasteiger partial charge on any atom is 0.336 e. The fourth-order valence-electron chi connectivity index (χ4n) is 3.63. The summed E-state index contributed by atoms with van der Waals surface area (Å²) in [6.45, 7) is 9.96. The number of nitro benzene ring substituents is 1. The number of esters is 1. The predicted octanol–water partition coefficient (Wildman–Crippen LogP) is 4.02. The van der Waals surface area contributed by atoms with Crippen molar-refractivity contribution in [2.24, 2.45) is 4.99 Å². The highest BCUT2D eigenvalue weighted by Gasteiger charge is 2.40. The molecule has 2 heterocycles. The third-order valence-corrected chi connectivity index (χ3v) is 4.87. The topological polar surface area (TPSA) is 103 Å². The van der Waals surface area contributed by atoms with E-state index in [-0.39, 0.29) is 24.7 Å². The molecule has 0 radical (unpaired) electrons. The summed E-state index contributed by atoms with van der Waals surface area (Å²) in [6.07, 6.45) is 0. The maximum absolute atomic E-state index is 12.8. The SMILES string of the molecule is CCOC(=O)C1=C(C)NC(C)=C(C2=NC(C)(C)CO2)C1c1cccc([N+](=O)[O-])c1.Cl. The van der Waals surface area contributed by atoms with Gasteiger partial charge in [-0.05, 0) is 40.2 Å². The molecule has 162 valence electrons. The van der Waals surface area contributed by atoms with Crippen molar-refractivity contribution < 1.29 is 19.2 Å². The molecule has 0 amide bonds. The van der Waals surface area contributed by atoms with Crippen LogP contribution in [0.15, 0.2) is 51.8 Å². The third kappa shape index (κ3) is 4.48. The quantitative estimate of drug-likeness (QED) is 0.425. The molecule has 2 aliphatic heterocycles. The van der Waals surface area contributed by atoms with E-state index in [0.717, 1.165) is 5.70 Å². The highest BCUT2D eigenvalue weighted by atomic mass is 35.5. The molecule has 3 rings (SSSR count). The summed E-state index contributed by atoms with van der Waals surface area (Å²) < 4.78 is 11.2. The molecule has 1 unspecified atom stereocenters. The number of benzene rings is 1. The average Bonchev–Trinajstić information content (AvgIpc) is 3.00. The Morgan fingerprint density at radius 2 is 2.07 bits per heavy atom. The minimum Gasteiger partial charge on any atom is -0.475 e. The van der Waals surface area contributed by atoms with E-state index >= 15 is 0 Å². The van der Waals surface area contributed by atoms with Gasteiger partial charge in [-0.25, -0.2) is 9.79 Å². The largest absolute Gasteiger partial charge is 0.475 e. The Kier molecular flexibility index (Phi) is 6.92. The van der Waals surface area contributed by atoms with E-state index in [9.17, 15) is 14.9 Å². The van der Waals surface area contributed by atoms with Crippen LogP contribution in [0.1, 0.15) is 46.1 Å². The number of hydrogen-bond acceptors (Lipinski definition) is 7. The van der Waals surface area contributed by atoms with Gasteiger partial charge in [0.05, 0.1) is 28.6 Å². The maximum atomic E-state index is 12.8. The van der Waals surface area contributed by atoms with E-state index in [1.807, 2.05) is 20.8 Å². The number of hydrogen-bond donors (Lipinski definition) is 1. The van der Waals surface area contributed by atoms with Crippen LogP contribution in [0, 0.1) is 10.1 Å². The van der Waals surface area contributed by atoms with Gasteiger partial charge in [-0.2, -0.15) is 0 Å². The first-order valence-corrected chi connectivity index (χ1v) is 9.47. The van der Waals surface area contributed by atoms with E-state index in [4.69, 9.17) is 9.47 Å². The number of non-ortho nitro benzene ring substituents is 1. The Morgan fingerprint density at radius 3 is 2.63 bits per heavy atom. The van der Waals surface area contributed by atoms with Crippen LogP contribution in [0.5, 0.6) is 0 Å². The minimum absolute atomic E-state index is 0. The van der Waals surface area contributed by atoms with Crippen molar-refractivity contribution in [1.29, 1.82) is 0 Å². The number of dihydropyridines is 1. The lowest BCUT2D eigenvalue weighted by Crippen LogP contribution is -2.32. The zero-order valence-electron chi connectivity index (χ0n) is 17.6. The molecule has 30 heavy (non-hydrogen) atoms. The van der Waals surface area contributed by atoms with Gasteiger partial charge in [0.15, 0.2) is 0 Å². The number of halogens is 1. The summed E-state index contributed by atoms with van der Waals surface area (Å²) in [7, 11) is 0. The molecule has 9 heteroatoms. The van der Waals surface area contributed by atoms with Crippen LogP contribution in [0.25, 0.3) is 0 Å². The molecule has 0 spiro atoms. The summed E-state index contributed by atoms with van der Waals surface area (Å²) in [5, 5.41) is 14.6. The molecule has 1 aromatic carbocycles. The first-order valence-electron chi connectivity index (χ1n) is 9.47. The fourth-order valence-corrected chi connectivity index (χ4v) is 3.63. The van der Waals surface area contributed by atoms with Crippen molar-refractivity contribution in [3.05, 3.63) is 62.5 Å². The number of aliphatic imine (C=N–C) groups is 1. The predicted molar refractivity (Wildman–Crippen MR) is 116 cm³/mol. The summed E-state index contributed by atoms with van der Waals surface area (Å²) >= 11 is 0. The number of carbonyl (C=O) groups is 1. The molecular formula is C21H26ClN3O5. The third-order valence-electron chi connectivity index (χ3n) is 4.87. The number of rotatable bonds is 5. The number of carbonyl (C=O) groups excluding carboxylic acids is 1. The highest BCUT2D eigenvalue weighted by molar-refractivity contribution is 6.03. The molecule has 0 fully saturated rings. The monoisotopic (exact) mass is 435 g/mol. The van der Waals surface area contributed by atoms with E-state index in [2.05, 4.69) is 10.3 Å². The molecule has 1 N–H and O–H groups in total. The van der Waals surface area contributed by atoms with Crippen molar-refractivity contribution in [1.82, 2.24) is 5.32 Å². The molecule has 8 nitrogen and oxygen atoms in total. The smallest absolute Gasteiger partial charge is 0.336 e. The number of ether oxygens (including phenoxy) is 2. The van der Waals surface area contributed by atoms with Crippen molar-refractivity contribution in [3.8, 4) is 0 Å². The van der Waals surface area contributed by atoms with Crippen LogP contribution in [0.2, 0.25) is 0 Å². The summed E-state index contributed by atoms with van der Waals surface area (Å²) in [6, 6.07) is 6.29. The lowest BCUT2D eigenvalue weighted by atomic mass is 9.80. The Balaban J connectivity index is 0.00000320. The number of nitro groups is 1. The number of nitrogens with zero attached hydrogens (tertiary/aromatic N) is 2. The Hall–Kier alpha value is -2.87. The second-order valence-corrected chi connectivity index (χ2v) is 7.73. The second-order valence-electron chi connectivity index (χ2n) is 7.73. The molecule has 0 saturated heterocycles. The number of allylic oxidation sites excluding steroid dienone is 2. The summed E-state index contributed by atoms with van der Waals surface area (Å²) in [5.74, 6) is -0.634. The normalized spacial score (nSPS) is 20.0. The van der Waals surface area contributed by atoms with E-state index in [0.29, 0.717) is 34.9 Å². The zero-order chi connectivity index (χ0) is 21.3. The van der Waals surface area contributed by atoms with Crippen LogP contribution >= 0.6 is 12.4 Å². The van der Waals surface area contributed by atoms with Crippen molar-refractivity contribution in [3.63, 3.8) is 0 Å². The number of nitrogens with one attached hydrogen (secondary N) is 1. The lowest BCUT2D eigenvalue weighted by molar-refractivity contribution is -0.384. The van der Waals surface area contributed by atoms with Crippen LogP contribution in [-0.2, 0) is 14.3 Å². The van der Waals surface area contributed by atoms with Crippen LogP contribution in [-0.4, -0.2) is 35.5 Å². The molecule has 2 aliphatic rings. The van der Waals surface area contributed by atoms with Gasteiger partial charge in [0.25, 0.3) is 5.69 Å². The van der Waals surface area contributed by atoms with Gasteiger partial charge in [0.1, 0.15) is 6.61 Å². The van der Waals surface area contributed by atoms with E-state index in [1.54, 1.807) is 26.0 Å². The van der Waals surface area contributed by atoms with Crippen molar-refractivity contribution >= 4 is 30.0 Å². The fraction of sp³-hybridized carbons (Fsp3) is 0.429. The standard InChI is InChI=1S/C21H25N3O5.ClH/c1-6-28-20(25)17-13(3)22-12(2)16(19-23-21(4,5)11-29-19)18(17)14-8-7-9-15(10-14)24(26)27;/h7-10,18,22H,6,11H2,1-5H3;1H. The molecule has 1 aromatic rings.